The maximum Gasteiger partial charge on any atom is 0.242 e. The van der Waals surface area contributed by atoms with Crippen LogP contribution in [0.1, 0.15) is 16.7 Å². The molecule has 0 aliphatic rings. The van der Waals surface area contributed by atoms with Crippen molar-refractivity contribution >= 4 is 17.5 Å². The summed E-state index contributed by atoms with van der Waals surface area (Å²) in [7, 11) is 0. The van der Waals surface area contributed by atoms with Gasteiger partial charge < -0.3 is 9.84 Å². The standard InChI is InChI=1S/C12H11ClN2O2/c13-11(9-4-2-1-3-5-9)12(16)14-8-10-6-7-15-17-10/h1-7,11H,8H2,(H,14,16). The minimum Gasteiger partial charge on any atom is -0.360 e. The lowest BCUT2D eigenvalue weighted by Crippen LogP contribution is -2.26. The van der Waals surface area contributed by atoms with Crippen LogP contribution in [0.15, 0.2) is 47.1 Å². The van der Waals surface area contributed by atoms with E-state index in [-0.39, 0.29) is 12.5 Å². The van der Waals surface area contributed by atoms with Gasteiger partial charge in [0, 0.05) is 6.07 Å². The Morgan fingerprint density at radius 3 is 2.76 bits per heavy atom. The van der Waals surface area contributed by atoms with Crippen LogP contribution >= 0.6 is 11.6 Å². The van der Waals surface area contributed by atoms with Gasteiger partial charge in [0.2, 0.25) is 5.91 Å². The minimum absolute atomic E-state index is 0.255. The van der Waals surface area contributed by atoms with Crippen LogP contribution in [-0.2, 0) is 11.3 Å². The summed E-state index contributed by atoms with van der Waals surface area (Å²) in [6, 6.07) is 10.9. The first-order valence-corrected chi connectivity index (χ1v) is 5.57. The summed E-state index contributed by atoms with van der Waals surface area (Å²) in [5.41, 5.74) is 0.768. The molecule has 0 fully saturated rings. The van der Waals surface area contributed by atoms with E-state index in [1.165, 1.54) is 6.20 Å². The highest BCUT2D eigenvalue weighted by molar-refractivity contribution is 6.30. The molecule has 1 aromatic heterocycles. The lowest BCUT2D eigenvalue weighted by Gasteiger charge is -2.09. The van der Waals surface area contributed by atoms with Gasteiger partial charge in [-0.15, -0.1) is 11.6 Å². The molecule has 17 heavy (non-hydrogen) atoms. The van der Waals surface area contributed by atoms with Crippen molar-refractivity contribution in [1.29, 1.82) is 0 Å². The van der Waals surface area contributed by atoms with Gasteiger partial charge in [-0.2, -0.15) is 0 Å². The second-order valence-corrected chi connectivity index (χ2v) is 3.91. The van der Waals surface area contributed by atoms with Gasteiger partial charge in [-0.05, 0) is 5.56 Å². The molecule has 1 atom stereocenters. The van der Waals surface area contributed by atoms with Crippen molar-refractivity contribution in [3.63, 3.8) is 0 Å². The number of rotatable bonds is 4. The molecule has 1 N–H and O–H groups in total. The Morgan fingerprint density at radius 2 is 2.12 bits per heavy atom. The molecule has 0 bridgehead atoms. The molecule has 0 aliphatic heterocycles. The quantitative estimate of drug-likeness (QED) is 0.847. The van der Waals surface area contributed by atoms with E-state index in [1.54, 1.807) is 6.07 Å². The molecule has 2 aromatic rings. The fourth-order valence-electron chi connectivity index (χ4n) is 1.37. The molecule has 1 amide bonds. The average molecular weight is 251 g/mol. The fourth-order valence-corrected chi connectivity index (χ4v) is 1.59. The van der Waals surface area contributed by atoms with Crippen LogP contribution in [-0.4, -0.2) is 11.1 Å². The number of amides is 1. The Balaban J connectivity index is 1.92. The highest BCUT2D eigenvalue weighted by atomic mass is 35.5. The highest BCUT2D eigenvalue weighted by Gasteiger charge is 2.17. The summed E-state index contributed by atoms with van der Waals surface area (Å²) in [4.78, 5) is 11.7. The number of halogens is 1. The molecule has 5 heteroatoms. The molecule has 0 spiro atoms. The Labute approximate surface area is 104 Å². The number of nitrogens with zero attached hydrogens (tertiary/aromatic N) is 1. The first kappa shape index (κ1) is 11.7. The summed E-state index contributed by atoms with van der Waals surface area (Å²) in [5.74, 6) is 0.338. The van der Waals surface area contributed by atoms with Gasteiger partial charge in [-0.25, -0.2) is 0 Å². The first-order valence-electron chi connectivity index (χ1n) is 5.13. The van der Waals surface area contributed by atoms with Gasteiger partial charge in [0.25, 0.3) is 0 Å². The zero-order chi connectivity index (χ0) is 12.1. The molecule has 1 heterocycles. The maximum atomic E-state index is 11.7. The molecule has 2 rings (SSSR count). The number of nitrogens with one attached hydrogen (secondary N) is 1. The summed E-state index contributed by atoms with van der Waals surface area (Å²) in [5, 5.41) is 5.53. The van der Waals surface area contributed by atoms with Crippen LogP contribution in [0.3, 0.4) is 0 Å². The number of hydrogen-bond donors (Lipinski definition) is 1. The van der Waals surface area contributed by atoms with Crippen LogP contribution in [0.25, 0.3) is 0 Å². The van der Waals surface area contributed by atoms with Gasteiger partial charge in [-0.3, -0.25) is 4.79 Å². The molecule has 0 radical (unpaired) electrons. The molecule has 1 aromatic carbocycles. The smallest absolute Gasteiger partial charge is 0.242 e. The van der Waals surface area contributed by atoms with Crippen molar-refractivity contribution in [2.24, 2.45) is 0 Å². The zero-order valence-electron chi connectivity index (χ0n) is 8.97. The van der Waals surface area contributed by atoms with Crippen LogP contribution < -0.4 is 5.32 Å². The van der Waals surface area contributed by atoms with E-state index in [0.29, 0.717) is 5.76 Å². The van der Waals surface area contributed by atoms with E-state index in [1.807, 2.05) is 30.3 Å². The molecule has 88 valence electrons. The maximum absolute atomic E-state index is 11.7. The van der Waals surface area contributed by atoms with E-state index >= 15 is 0 Å². The third-order valence-corrected chi connectivity index (χ3v) is 2.70. The van der Waals surface area contributed by atoms with Crippen molar-refractivity contribution in [1.82, 2.24) is 10.5 Å². The lowest BCUT2D eigenvalue weighted by atomic mass is 10.1. The van der Waals surface area contributed by atoms with Gasteiger partial charge in [-0.1, -0.05) is 35.5 Å². The average Bonchev–Trinajstić information content (AvgIpc) is 2.89. The Kier molecular flexibility index (Phi) is 3.77. The molecular weight excluding hydrogens is 240 g/mol. The number of carbonyl (C=O) groups is 1. The van der Waals surface area contributed by atoms with E-state index in [2.05, 4.69) is 10.5 Å². The minimum atomic E-state index is -0.695. The Morgan fingerprint density at radius 1 is 1.35 bits per heavy atom. The van der Waals surface area contributed by atoms with Gasteiger partial charge in [0.1, 0.15) is 5.38 Å². The lowest BCUT2D eigenvalue weighted by molar-refractivity contribution is -0.121. The normalized spacial score (nSPS) is 12.1. The van der Waals surface area contributed by atoms with Crippen LogP contribution in [0.5, 0.6) is 0 Å². The van der Waals surface area contributed by atoms with Crippen LogP contribution in [0.2, 0.25) is 0 Å². The van der Waals surface area contributed by atoms with E-state index in [9.17, 15) is 4.79 Å². The first-order chi connectivity index (χ1) is 8.27. The van der Waals surface area contributed by atoms with E-state index in [0.717, 1.165) is 5.56 Å². The summed E-state index contributed by atoms with van der Waals surface area (Å²) in [6.07, 6.45) is 1.52. The second-order valence-electron chi connectivity index (χ2n) is 3.47. The zero-order valence-corrected chi connectivity index (χ0v) is 9.72. The van der Waals surface area contributed by atoms with Crippen LogP contribution in [0, 0.1) is 0 Å². The third kappa shape index (κ3) is 3.07. The van der Waals surface area contributed by atoms with Gasteiger partial charge >= 0.3 is 0 Å². The fraction of sp³-hybridized carbons (Fsp3) is 0.167. The van der Waals surface area contributed by atoms with E-state index in [4.69, 9.17) is 16.1 Å². The Hall–Kier alpha value is -1.81. The van der Waals surface area contributed by atoms with Gasteiger partial charge in [0.05, 0.1) is 12.7 Å². The molecular formula is C12H11ClN2O2. The van der Waals surface area contributed by atoms with E-state index < -0.39 is 5.38 Å². The van der Waals surface area contributed by atoms with Crippen LogP contribution in [0.4, 0.5) is 0 Å². The van der Waals surface area contributed by atoms with Crippen molar-refractivity contribution < 1.29 is 9.32 Å². The largest absolute Gasteiger partial charge is 0.360 e. The number of hydrogen-bond acceptors (Lipinski definition) is 3. The van der Waals surface area contributed by atoms with Crippen molar-refractivity contribution in [3.05, 3.63) is 53.9 Å². The number of carbonyl (C=O) groups excluding carboxylic acids is 1. The van der Waals surface area contributed by atoms with Crippen molar-refractivity contribution in [2.45, 2.75) is 11.9 Å². The molecule has 0 saturated carbocycles. The topological polar surface area (TPSA) is 55.1 Å². The van der Waals surface area contributed by atoms with Crippen molar-refractivity contribution in [3.8, 4) is 0 Å². The second kappa shape index (κ2) is 5.50. The predicted molar refractivity (Wildman–Crippen MR) is 63.4 cm³/mol. The molecule has 0 saturated heterocycles. The number of alkyl halides is 1. The third-order valence-electron chi connectivity index (χ3n) is 2.25. The van der Waals surface area contributed by atoms with Gasteiger partial charge in [0.15, 0.2) is 5.76 Å². The Bertz CT molecular complexity index is 471. The number of aromatic nitrogens is 1. The molecule has 0 aliphatic carbocycles. The SMILES string of the molecule is O=C(NCc1ccno1)C(Cl)c1ccccc1. The predicted octanol–water partition coefficient (Wildman–Crippen LogP) is 2.27. The summed E-state index contributed by atoms with van der Waals surface area (Å²) >= 11 is 6.04. The highest BCUT2D eigenvalue weighted by Crippen LogP contribution is 2.19. The summed E-state index contributed by atoms with van der Waals surface area (Å²) in [6.45, 7) is 0.287. The summed E-state index contributed by atoms with van der Waals surface area (Å²) < 4.78 is 4.86. The monoisotopic (exact) mass is 250 g/mol. The number of benzene rings is 1. The van der Waals surface area contributed by atoms with Crippen molar-refractivity contribution in [2.75, 3.05) is 0 Å². The molecule has 1 unspecified atom stereocenters. The molecule has 4 nitrogen and oxygen atoms in total.